The fraction of sp³-hybridized carbons (Fsp3) is 0.440. The Morgan fingerprint density at radius 3 is 2.38 bits per heavy atom. The van der Waals surface area contributed by atoms with E-state index in [0.29, 0.717) is 35.2 Å². The van der Waals surface area contributed by atoms with Gasteiger partial charge in [0.25, 0.3) is 11.8 Å². The van der Waals surface area contributed by atoms with Crippen LogP contribution in [-0.4, -0.2) is 51.9 Å². The average molecular weight is 491 g/mol. The molecule has 2 aromatic rings. The molecule has 4 nitrogen and oxygen atoms in total. The molecule has 2 amide bonds. The van der Waals surface area contributed by atoms with Gasteiger partial charge in [0, 0.05) is 36.0 Å². The van der Waals surface area contributed by atoms with Crippen molar-refractivity contribution in [2.75, 3.05) is 25.4 Å². The number of hydrogen-bond acceptors (Lipinski definition) is 3. The van der Waals surface area contributed by atoms with Crippen molar-refractivity contribution in [1.29, 1.82) is 0 Å². The Hall–Kier alpha value is -1.69. The van der Waals surface area contributed by atoms with Gasteiger partial charge in [-0.25, -0.2) is 0 Å². The number of likely N-dealkylation sites (tertiary alicyclic amines) is 1. The van der Waals surface area contributed by atoms with Crippen molar-refractivity contribution in [3.05, 3.63) is 69.2 Å². The number of benzene rings is 2. The zero-order chi connectivity index (χ0) is 22.7. The molecule has 2 aliphatic rings. The third-order valence-electron chi connectivity index (χ3n) is 6.44. The largest absolute Gasteiger partial charge is 0.338 e. The normalized spacial score (nSPS) is 17.7. The highest BCUT2D eigenvalue weighted by atomic mass is 35.5. The minimum atomic E-state index is -0.277. The molecule has 0 saturated carbocycles. The predicted octanol–water partition coefficient (Wildman–Crippen LogP) is 6.16. The highest BCUT2D eigenvalue weighted by Crippen LogP contribution is 2.45. The summed E-state index contributed by atoms with van der Waals surface area (Å²) < 4.78 is 0. The van der Waals surface area contributed by atoms with Crippen LogP contribution in [0, 0.1) is 0 Å². The van der Waals surface area contributed by atoms with Crippen molar-refractivity contribution < 1.29 is 9.59 Å². The topological polar surface area (TPSA) is 40.6 Å². The summed E-state index contributed by atoms with van der Waals surface area (Å²) in [5.41, 5.74) is 2.50. The molecule has 0 unspecified atom stereocenters. The second kappa shape index (κ2) is 10.1. The van der Waals surface area contributed by atoms with Crippen molar-refractivity contribution >= 4 is 46.8 Å². The second-order valence-electron chi connectivity index (χ2n) is 8.47. The summed E-state index contributed by atoms with van der Waals surface area (Å²) >= 11 is 14.1. The third kappa shape index (κ3) is 4.80. The highest BCUT2D eigenvalue weighted by Gasteiger charge is 2.47. The fourth-order valence-electron chi connectivity index (χ4n) is 4.55. The number of hydrogen-bond donors (Lipinski definition) is 0. The second-order valence-corrected chi connectivity index (χ2v) is 10.8. The van der Waals surface area contributed by atoms with E-state index in [1.165, 1.54) is 5.56 Å². The molecule has 0 aromatic heterocycles. The number of halogens is 2. The van der Waals surface area contributed by atoms with Crippen LogP contribution < -0.4 is 0 Å². The van der Waals surface area contributed by atoms with Crippen LogP contribution >= 0.6 is 35.0 Å². The smallest absolute Gasteiger partial charge is 0.256 e. The van der Waals surface area contributed by atoms with Crippen molar-refractivity contribution in [2.45, 2.75) is 43.9 Å². The lowest BCUT2D eigenvalue weighted by Crippen LogP contribution is -2.53. The Balaban J connectivity index is 1.42. The van der Waals surface area contributed by atoms with E-state index < -0.39 is 0 Å². The molecule has 0 aliphatic carbocycles. The Bertz CT molecular complexity index is 988. The molecule has 32 heavy (non-hydrogen) atoms. The first-order valence-corrected chi connectivity index (χ1v) is 13.0. The SMILES string of the molecule is CCCCc1ccc(C(=O)N2CCC3(CC2)SCCN3C(=O)c2ccc(Cl)cc2Cl)cc1. The molecule has 0 bridgehead atoms. The molecule has 2 saturated heterocycles. The van der Waals surface area contributed by atoms with Gasteiger partial charge in [-0.1, -0.05) is 48.7 Å². The molecule has 2 heterocycles. The maximum atomic E-state index is 13.3. The Labute approximate surface area is 204 Å². The molecule has 170 valence electrons. The molecule has 2 aromatic carbocycles. The number of unbranched alkanes of at least 4 members (excludes halogenated alkanes) is 1. The van der Waals surface area contributed by atoms with Gasteiger partial charge >= 0.3 is 0 Å². The number of carbonyl (C=O) groups excluding carboxylic acids is 2. The van der Waals surface area contributed by atoms with Gasteiger partial charge in [-0.2, -0.15) is 0 Å². The number of piperidine rings is 1. The van der Waals surface area contributed by atoms with Gasteiger partial charge < -0.3 is 9.80 Å². The van der Waals surface area contributed by atoms with Crippen LogP contribution in [0.2, 0.25) is 10.0 Å². The summed E-state index contributed by atoms with van der Waals surface area (Å²) in [6.07, 6.45) is 4.90. The van der Waals surface area contributed by atoms with Crippen LogP contribution in [0.25, 0.3) is 0 Å². The van der Waals surface area contributed by atoms with Crippen LogP contribution in [0.4, 0.5) is 0 Å². The number of rotatable bonds is 5. The molecular formula is C25H28Cl2N2O2S. The number of carbonyl (C=O) groups is 2. The van der Waals surface area contributed by atoms with E-state index >= 15 is 0 Å². The number of nitrogens with zero attached hydrogens (tertiary/aromatic N) is 2. The zero-order valence-electron chi connectivity index (χ0n) is 18.3. The number of thioether (sulfide) groups is 1. The number of aryl methyl sites for hydroxylation is 1. The van der Waals surface area contributed by atoms with E-state index in [1.807, 2.05) is 33.7 Å². The van der Waals surface area contributed by atoms with Crippen molar-refractivity contribution in [3.63, 3.8) is 0 Å². The first kappa shape index (κ1) is 23.5. The van der Waals surface area contributed by atoms with Gasteiger partial charge in [-0.3, -0.25) is 9.59 Å². The van der Waals surface area contributed by atoms with Crippen molar-refractivity contribution in [2.24, 2.45) is 0 Å². The molecule has 0 atom stereocenters. The van der Waals surface area contributed by atoms with Crippen LogP contribution in [0.1, 0.15) is 58.9 Å². The first-order chi connectivity index (χ1) is 15.4. The van der Waals surface area contributed by atoms with Gasteiger partial charge in [-0.15, -0.1) is 11.8 Å². The molecule has 0 N–H and O–H groups in total. The van der Waals surface area contributed by atoms with Gasteiger partial charge in [0.05, 0.1) is 15.5 Å². The summed E-state index contributed by atoms with van der Waals surface area (Å²) in [5.74, 6) is 0.909. The summed E-state index contributed by atoms with van der Waals surface area (Å²) in [5, 5.41) is 0.895. The predicted molar refractivity (Wildman–Crippen MR) is 133 cm³/mol. The fourth-order valence-corrected chi connectivity index (χ4v) is 6.50. The van der Waals surface area contributed by atoms with Crippen molar-refractivity contribution in [3.8, 4) is 0 Å². The average Bonchev–Trinajstić information content (AvgIpc) is 3.20. The zero-order valence-corrected chi connectivity index (χ0v) is 20.6. The number of amides is 2. The van der Waals surface area contributed by atoms with Crippen LogP contribution in [-0.2, 0) is 6.42 Å². The van der Waals surface area contributed by atoms with E-state index in [-0.39, 0.29) is 16.7 Å². The Kier molecular flexibility index (Phi) is 7.38. The summed E-state index contributed by atoms with van der Waals surface area (Å²) in [6, 6.07) is 13.0. The quantitative estimate of drug-likeness (QED) is 0.503. The maximum absolute atomic E-state index is 13.3. The summed E-state index contributed by atoms with van der Waals surface area (Å²) in [7, 11) is 0. The lowest BCUT2D eigenvalue weighted by Gasteiger charge is -2.44. The van der Waals surface area contributed by atoms with Gasteiger partial charge in [0.2, 0.25) is 0 Å². The minimum absolute atomic E-state index is 0.0564. The molecular weight excluding hydrogens is 463 g/mol. The highest BCUT2D eigenvalue weighted by molar-refractivity contribution is 8.00. The molecule has 2 fully saturated rings. The van der Waals surface area contributed by atoms with E-state index in [0.717, 1.165) is 43.4 Å². The molecule has 0 radical (unpaired) electrons. The van der Waals surface area contributed by atoms with Gasteiger partial charge in [-0.05, 0) is 61.6 Å². The Morgan fingerprint density at radius 1 is 1.00 bits per heavy atom. The van der Waals surface area contributed by atoms with E-state index in [9.17, 15) is 9.59 Å². The van der Waals surface area contributed by atoms with Gasteiger partial charge in [0.1, 0.15) is 0 Å². The maximum Gasteiger partial charge on any atom is 0.256 e. The van der Waals surface area contributed by atoms with Crippen LogP contribution in [0.3, 0.4) is 0 Å². The third-order valence-corrected chi connectivity index (χ3v) is 8.54. The van der Waals surface area contributed by atoms with E-state index in [1.54, 1.807) is 18.2 Å². The van der Waals surface area contributed by atoms with E-state index in [2.05, 4.69) is 19.1 Å². The summed E-state index contributed by atoms with van der Waals surface area (Å²) in [6.45, 7) is 4.15. The first-order valence-electron chi connectivity index (χ1n) is 11.2. The van der Waals surface area contributed by atoms with Crippen molar-refractivity contribution in [1.82, 2.24) is 9.80 Å². The lowest BCUT2D eigenvalue weighted by atomic mass is 9.99. The molecule has 1 spiro atoms. The standard InChI is InChI=1S/C25H28Cl2N2O2S/c1-2-3-4-18-5-7-19(8-6-18)23(30)28-13-11-25(12-14-28)29(15-16-32-25)24(31)21-10-9-20(26)17-22(21)27/h5-10,17H,2-4,11-16H2,1H3. The van der Waals surface area contributed by atoms with Crippen LogP contribution in [0.15, 0.2) is 42.5 Å². The van der Waals surface area contributed by atoms with Gasteiger partial charge in [0.15, 0.2) is 0 Å². The summed E-state index contributed by atoms with van der Waals surface area (Å²) in [4.78, 5) is 29.9. The Morgan fingerprint density at radius 2 is 1.72 bits per heavy atom. The monoisotopic (exact) mass is 490 g/mol. The molecule has 2 aliphatic heterocycles. The minimum Gasteiger partial charge on any atom is -0.338 e. The van der Waals surface area contributed by atoms with Crippen LogP contribution in [0.5, 0.6) is 0 Å². The van der Waals surface area contributed by atoms with E-state index in [4.69, 9.17) is 23.2 Å². The molecule has 7 heteroatoms. The lowest BCUT2D eigenvalue weighted by molar-refractivity contribution is 0.0498. The molecule has 4 rings (SSSR count).